The number of piperidine rings is 1. The Labute approximate surface area is 149 Å². The number of amides is 2. The van der Waals surface area contributed by atoms with Gasteiger partial charge in [-0.05, 0) is 43.7 Å². The Hall–Kier alpha value is -1.59. The molecule has 1 heterocycles. The first-order valence-corrected chi connectivity index (χ1v) is 9.57. The molecule has 0 bridgehead atoms. The minimum atomic E-state index is -0.282. The van der Waals surface area contributed by atoms with Gasteiger partial charge in [-0.2, -0.15) is 0 Å². The van der Waals surface area contributed by atoms with Crippen LogP contribution in [0.25, 0.3) is 0 Å². The fraction of sp³-hybridized carbons (Fsp3) is 0.650. The largest absolute Gasteiger partial charge is 0.392 e. The molecule has 1 saturated heterocycles. The molecule has 2 amide bonds. The summed E-state index contributed by atoms with van der Waals surface area (Å²) >= 11 is 0. The molecular weight excluding hydrogens is 316 g/mol. The fourth-order valence-corrected chi connectivity index (χ4v) is 4.89. The minimum Gasteiger partial charge on any atom is -0.392 e. The summed E-state index contributed by atoms with van der Waals surface area (Å²) in [4.78, 5) is 14.6. The van der Waals surface area contributed by atoms with Crippen molar-refractivity contribution in [1.82, 2.24) is 10.2 Å². The fourth-order valence-electron chi connectivity index (χ4n) is 4.89. The summed E-state index contributed by atoms with van der Waals surface area (Å²) in [5.74, 6) is 0. The van der Waals surface area contributed by atoms with Crippen LogP contribution in [0.5, 0.6) is 0 Å². The molecule has 0 radical (unpaired) electrons. The summed E-state index contributed by atoms with van der Waals surface area (Å²) in [5.41, 5.74) is 2.48. The zero-order valence-electron chi connectivity index (χ0n) is 14.9. The molecule has 2 aliphatic carbocycles. The van der Waals surface area contributed by atoms with Crippen molar-refractivity contribution in [3.05, 3.63) is 35.4 Å². The predicted octanol–water partition coefficient (Wildman–Crippen LogP) is 2.64. The highest BCUT2D eigenvalue weighted by Gasteiger charge is 2.56. The Balaban J connectivity index is 1.35. The van der Waals surface area contributed by atoms with Crippen LogP contribution in [0.1, 0.15) is 49.8 Å². The van der Waals surface area contributed by atoms with Gasteiger partial charge in [0.2, 0.25) is 0 Å². The first kappa shape index (κ1) is 16.9. The summed E-state index contributed by atoms with van der Waals surface area (Å²) in [6.07, 6.45) is 4.27. The van der Waals surface area contributed by atoms with E-state index in [0.717, 1.165) is 32.1 Å². The van der Waals surface area contributed by atoms with Crippen molar-refractivity contribution in [3.8, 4) is 0 Å². The Kier molecular flexibility index (Phi) is 4.46. The molecule has 3 aliphatic rings. The zero-order chi connectivity index (χ0) is 17.4. The number of carbonyl (C=O) groups excluding carboxylic acids is 1. The van der Waals surface area contributed by atoms with E-state index < -0.39 is 0 Å². The summed E-state index contributed by atoms with van der Waals surface area (Å²) in [7, 11) is 0. The highest BCUT2D eigenvalue weighted by atomic mass is 16.5. The maximum atomic E-state index is 12.7. The number of rotatable bonds is 3. The van der Waals surface area contributed by atoms with Crippen LogP contribution >= 0.6 is 0 Å². The molecule has 25 heavy (non-hydrogen) atoms. The SMILES string of the molecule is CCOC1CC(O)C12CCN(C(=O)NC1CCc3ccccc31)CC2. The number of fused-ring (bicyclic) bond motifs is 1. The Morgan fingerprint density at radius 2 is 2.12 bits per heavy atom. The highest BCUT2D eigenvalue weighted by molar-refractivity contribution is 5.75. The van der Waals surface area contributed by atoms with Gasteiger partial charge in [-0.15, -0.1) is 0 Å². The van der Waals surface area contributed by atoms with Crippen LogP contribution in [-0.4, -0.2) is 47.9 Å². The van der Waals surface area contributed by atoms with Crippen LogP contribution in [-0.2, 0) is 11.2 Å². The second-order valence-corrected chi connectivity index (χ2v) is 7.66. The molecule has 1 spiro atoms. The molecule has 5 nitrogen and oxygen atoms in total. The lowest BCUT2D eigenvalue weighted by Gasteiger charge is -2.56. The number of benzene rings is 1. The number of urea groups is 1. The molecule has 2 fully saturated rings. The zero-order valence-corrected chi connectivity index (χ0v) is 14.9. The average molecular weight is 344 g/mol. The van der Waals surface area contributed by atoms with E-state index >= 15 is 0 Å². The third-order valence-electron chi connectivity index (χ3n) is 6.52. The number of nitrogens with one attached hydrogen (secondary N) is 1. The van der Waals surface area contributed by atoms with Crippen molar-refractivity contribution in [3.63, 3.8) is 0 Å². The Morgan fingerprint density at radius 3 is 2.84 bits per heavy atom. The van der Waals surface area contributed by atoms with Crippen molar-refractivity contribution in [1.29, 1.82) is 0 Å². The van der Waals surface area contributed by atoms with Gasteiger partial charge in [0.1, 0.15) is 0 Å². The van der Waals surface area contributed by atoms with Gasteiger partial charge in [-0.25, -0.2) is 4.79 Å². The molecule has 1 aliphatic heterocycles. The Morgan fingerprint density at radius 1 is 1.36 bits per heavy atom. The standard InChI is InChI=1S/C20H28N2O3/c1-2-25-18-13-17(23)20(18)9-11-22(12-10-20)19(24)21-16-8-7-14-5-3-4-6-15(14)16/h3-6,16-18,23H,2,7-13H2,1H3,(H,21,24). The van der Waals surface area contributed by atoms with Gasteiger partial charge in [-0.3, -0.25) is 0 Å². The van der Waals surface area contributed by atoms with Gasteiger partial charge < -0.3 is 20.1 Å². The van der Waals surface area contributed by atoms with Crippen LogP contribution in [0.4, 0.5) is 4.79 Å². The molecular formula is C20H28N2O3. The molecule has 1 saturated carbocycles. The van der Waals surface area contributed by atoms with Crippen molar-refractivity contribution in [2.75, 3.05) is 19.7 Å². The summed E-state index contributed by atoms with van der Waals surface area (Å²) in [6, 6.07) is 8.53. The molecule has 3 atom stereocenters. The molecule has 1 aromatic rings. The van der Waals surface area contributed by atoms with Gasteiger partial charge in [0.05, 0.1) is 18.2 Å². The van der Waals surface area contributed by atoms with E-state index in [1.807, 2.05) is 17.9 Å². The molecule has 1 aromatic carbocycles. The van der Waals surface area contributed by atoms with Crippen LogP contribution < -0.4 is 5.32 Å². The number of aliphatic hydroxyl groups is 1. The Bertz CT molecular complexity index is 638. The van der Waals surface area contributed by atoms with E-state index in [9.17, 15) is 9.90 Å². The average Bonchev–Trinajstić information content (AvgIpc) is 3.05. The smallest absolute Gasteiger partial charge is 0.317 e. The molecule has 2 N–H and O–H groups in total. The van der Waals surface area contributed by atoms with E-state index in [2.05, 4.69) is 23.5 Å². The number of nitrogens with zero attached hydrogens (tertiary/aromatic N) is 1. The van der Waals surface area contributed by atoms with Crippen LogP contribution in [0.2, 0.25) is 0 Å². The summed E-state index contributed by atoms with van der Waals surface area (Å²) in [5, 5.41) is 13.5. The minimum absolute atomic E-state index is 0.0262. The number of ether oxygens (including phenoxy) is 1. The van der Waals surface area contributed by atoms with Gasteiger partial charge in [0, 0.05) is 31.5 Å². The molecule has 136 valence electrons. The van der Waals surface area contributed by atoms with Gasteiger partial charge in [0.15, 0.2) is 0 Å². The van der Waals surface area contributed by atoms with Crippen molar-refractivity contribution in [2.45, 2.75) is 57.3 Å². The van der Waals surface area contributed by atoms with Crippen molar-refractivity contribution in [2.24, 2.45) is 5.41 Å². The third kappa shape index (κ3) is 2.83. The van der Waals surface area contributed by atoms with Gasteiger partial charge in [0.25, 0.3) is 0 Å². The summed E-state index contributed by atoms with van der Waals surface area (Å²) in [6.45, 7) is 4.08. The third-order valence-corrected chi connectivity index (χ3v) is 6.52. The number of carbonyl (C=O) groups is 1. The number of hydrogen-bond donors (Lipinski definition) is 2. The lowest BCUT2D eigenvalue weighted by atomic mass is 9.58. The number of aryl methyl sites for hydroxylation is 1. The second-order valence-electron chi connectivity index (χ2n) is 7.66. The van der Waals surface area contributed by atoms with Gasteiger partial charge >= 0.3 is 6.03 Å². The predicted molar refractivity (Wildman–Crippen MR) is 95.3 cm³/mol. The number of aliphatic hydroxyl groups excluding tert-OH is 1. The molecule has 5 heteroatoms. The lowest BCUT2D eigenvalue weighted by Crippen LogP contribution is -2.63. The van der Waals surface area contributed by atoms with E-state index in [1.165, 1.54) is 11.1 Å². The van der Waals surface area contributed by atoms with Crippen LogP contribution in [0.15, 0.2) is 24.3 Å². The highest BCUT2D eigenvalue weighted by Crippen LogP contribution is 2.51. The number of likely N-dealkylation sites (tertiary alicyclic amines) is 1. The maximum Gasteiger partial charge on any atom is 0.317 e. The van der Waals surface area contributed by atoms with Gasteiger partial charge in [-0.1, -0.05) is 24.3 Å². The molecule has 3 unspecified atom stereocenters. The van der Waals surface area contributed by atoms with Crippen LogP contribution in [0.3, 0.4) is 0 Å². The maximum absolute atomic E-state index is 12.7. The molecule has 0 aromatic heterocycles. The summed E-state index contributed by atoms with van der Waals surface area (Å²) < 4.78 is 5.80. The monoisotopic (exact) mass is 344 g/mol. The molecule has 4 rings (SSSR count). The van der Waals surface area contributed by atoms with Crippen LogP contribution in [0, 0.1) is 5.41 Å². The van der Waals surface area contributed by atoms with E-state index in [4.69, 9.17) is 4.74 Å². The van der Waals surface area contributed by atoms with E-state index in [-0.39, 0.29) is 29.7 Å². The van der Waals surface area contributed by atoms with E-state index in [1.54, 1.807) is 0 Å². The lowest BCUT2D eigenvalue weighted by molar-refractivity contribution is -0.207. The van der Waals surface area contributed by atoms with E-state index in [0.29, 0.717) is 19.7 Å². The number of hydrogen-bond acceptors (Lipinski definition) is 3. The van der Waals surface area contributed by atoms with Crippen molar-refractivity contribution < 1.29 is 14.6 Å². The second kappa shape index (κ2) is 6.61. The topological polar surface area (TPSA) is 61.8 Å². The first-order valence-electron chi connectivity index (χ1n) is 9.57. The van der Waals surface area contributed by atoms with Crippen molar-refractivity contribution >= 4 is 6.03 Å². The normalized spacial score (nSPS) is 30.0. The first-order chi connectivity index (χ1) is 12.1. The quantitative estimate of drug-likeness (QED) is 0.886.